The molecule has 1 atom stereocenters. The normalized spacial score (nSPS) is 11.7. The van der Waals surface area contributed by atoms with Gasteiger partial charge in [-0.15, -0.1) is 0 Å². The van der Waals surface area contributed by atoms with Crippen molar-refractivity contribution in [2.75, 3.05) is 5.32 Å². The summed E-state index contributed by atoms with van der Waals surface area (Å²) in [5.41, 5.74) is 8.71. The Morgan fingerprint density at radius 1 is 1.60 bits per heavy atom. The van der Waals surface area contributed by atoms with Crippen molar-refractivity contribution in [3.05, 3.63) is 47.3 Å². The van der Waals surface area contributed by atoms with Crippen LogP contribution in [0.3, 0.4) is 0 Å². The fraction of sp³-hybridized carbons (Fsp3) is 0.214. The highest BCUT2D eigenvalue weighted by Gasteiger charge is 2.15. The van der Waals surface area contributed by atoms with E-state index in [-0.39, 0.29) is 5.91 Å². The van der Waals surface area contributed by atoms with Gasteiger partial charge in [0.2, 0.25) is 5.91 Å². The van der Waals surface area contributed by atoms with E-state index in [0.29, 0.717) is 17.7 Å². The number of amides is 1. The molecule has 2 aromatic rings. The Balaban J connectivity index is 2.06. The number of anilines is 1. The first-order valence-corrected chi connectivity index (χ1v) is 6.15. The summed E-state index contributed by atoms with van der Waals surface area (Å²) < 4.78 is 0. The van der Waals surface area contributed by atoms with Crippen molar-refractivity contribution in [1.29, 1.82) is 5.26 Å². The van der Waals surface area contributed by atoms with Gasteiger partial charge in [-0.2, -0.15) is 10.4 Å². The van der Waals surface area contributed by atoms with Crippen molar-refractivity contribution in [1.82, 2.24) is 10.2 Å². The van der Waals surface area contributed by atoms with Gasteiger partial charge in [-0.1, -0.05) is 6.07 Å². The average Bonchev–Trinajstić information content (AvgIpc) is 2.94. The third-order valence-corrected chi connectivity index (χ3v) is 2.97. The highest BCUT2D eigenvalue weighted by Crippen LogP contribution is 2.16. The lowest BCUT2D eigenvalue weighted by Gasteiger charge is -2.13. The lowest BCUT2D eigenvalue weighted by molar-refractivity contribution is -0.117. The Morgan fingerprint density at radius 2 is 2.40 bits per heavy atom. The van der Waals surface area contributed by atoms with Crippen molar-refractivity contribution in [2.24, 2.45) is 5.73 Å². The number of H-pyrrole nitrogens is 1. The molecule has 0 aliphatic heterocycles. The van der Waals surface area contributed by atoms with Crippen molar-refractivity contribution >= 4 is 11.6 Å². The predicted octanol–water partition coefficient (Wildman–Crippen LogP) is 1.10. The lowest BCUT2D eigenvalue weighted by Crippen LogP contribution is -2.37. The molecule has 0 radical (unpaired) electrons. The highest BCUT2D eigenvalue weighted by molar-refractivity contribution is 5.95. The lowest BCUT2D eigenvalue weighted by atomic mass is 10.1. The topological polar surface area (TPSA) is 108 Å². The molecular weight excluding hydrogens is 254 g/mol. The third kappa shape index (κ3) is 3.22. The predicted molar refractivity (Wildman–Crippen MR) is 74.8 cm³/mol. The zero-order chi connectivity index (χ0) is 14.5. The zero-order valence-corrected chi connectivity index (χ0v) is 11.1. The molecule has 1 heterocycles. The molecule has 0 aliphatic rings. The van der Waals surface area contributed by atoms with E-state index in [0.717, 1.165) is 11.1 Å². The average molecular weight is 269 g/mol. The van der Waals surface area contributed by atoms with Crippen LogP contribution in [-0.2, 0) is 11.2 Å². The van der Waals surface area contributed by atoms with Crippen LogP contribution < -0.4 is 11.1 Å². The van der Waals surface area contributed by atoms with Crippen molar-refractivity contribution < 1.29 is 4.79 Å². The Bertz CT molecular complexity index is 642. The number of benzene rings is 1. The van der Waals surface area contributed by atoms with Gasteiger partial charge in [-0.05, 0) is 36.6 Å². The van der Waals surface area contributed by atoms with Crippen LogP contribution in [-0.4, -0.2) is 22.1 Å². The molecule has 1 aromatic carbocycles. The van der Waals surface area contributed by atoms with Crippen LogP contribution in [0.2, 0.25) is 0 Å². The van der Waals surface area contributed by atoms with Gasteiger partial charge in [-0.3, -0.25) is 9.89 Å². The van der Waals surface area contributed by atoms with Gasteiger partial charge in [0.15, 0.2) is 0 Å². The van der Waals surface area contributed by atoms with Crippen LogP contribution in [0.5, 0.6) is 0 Å². The second-order valence-corrected chi connectivity index (χ2v) is 4.55. The number of carbonyl (C=O) groups excluding carboxylic acids is 1. The number of nitrogens with one attached hydrogen (secondary N) is 2. The third-order valence-electron chi connectivity index (χ3n) is 2.97. The number of aromatic nitrogens is 2. The molecule has 102 valence electrons. The minimum atomic E-state index is -0.669. The van der Waals surface area contributed by atoms with Crippen LogP contribution in [0.4, 0.5) is 5.69 Å². The fourth-order valence-corrected chi connectivity index (χ4v) is 1.79. The molecule has 1 aromatic heterocycles. The Labute approximate surface area is 116 Å². The van der Waals surface area contributed by atoms with E-state index in [1.165, 1.54) is 0 Å². The molecule has 1 amide bonds. The quantitative estimate of drug-likeness (QED) is 0.772. The summed E-state index contributed by atoms with van der Waals surface area (Å²) in [4.78, 5) is 12.0. The van der Waals surface area contributed by atoms with Gasteiger partial charge in [0.1, 0.15) is 0 Å². The van der Waals surface area contributed by atoms with Crippen LogP contribution in [0, 0.1) is 18.3 Å². The van der Waals surface area contributed by atoms with Crippen LogP contribution in [0.15, 0.2) is 30.6 Å². The second kappa shape index (κ2) is 5.99. The molecule has 1 unspecified atom stereocenters. The zero-order valence-electron chi connectivity index (χ0n) is 11.1. The van der Waals surface area contributed by atoms with E-state index in [9.17, 15) is 4.79 Å². The summed E-state index contributed by atoms with van der Waals surface area (Å²) in [6, 6.07) is 6.50. The summed E-state index contributed by atoms with van der Waals surface area (Å²) in [6.07, 6.45) is 3.74. The number of rotatable bonds is 4. The van der Waals surface area contributed by atoms with E-state index in [1.54, 1.807) is 30.6 Å². The van der Waals surface area contributed by atoms with Crippen LogP contribution in [0.25, 0.3) is 0 Å². The second-order valence-electron chi connectivity index (χ2n) is 4.55. The minimum Gasteiger partial charge on any atom is -0.324 e. The molecule has 4 N–H and O–H groups in total. The standard InChI is InChI=1S/C14H15N5O/c1-9-2-3-10(6-15)5-13(9)19-14(20)12(16)4-11-7-17-18-8-11/h2-3,5,7-8,12H,4,16H2,1H3,(H,17,18)(H,19,20). The van der Waals surface area contributed by atoms with E-state index in [2.05, 4.69) is 15.5 Å². The highest BCUT2D eigenvalue weighted by atomic mass is 16.2. The first-order valence-electron chi connectivity index (χ1n) is 6.15. The van der Waals surface area contributed by atoms with E-state index in [4.69, 9.17) is 11.0 Å². The number of aryl methyl sites for hydroxylation is 1. The van der Waals surface area contributed by atoms with Crippen LogP contribution in [0.1, 0.15) is 16.7 Å². The fourth-order valence-electron chi connectivity index (χ4n) is 1.79. The number of hydrogen-bond acceptors (Lipinski definition) is 4. The van der Waals surface area contributed by atoms with Gasteiger partial charge < -0.3 is 11.1 Å². The van der Waals surface area contributed by atoms with Gasteiger partial charge in [0, 0.05) is 11.9 Å². The maximum atomic E-state index is 12.0. The molecule has 0 aliphatic carbocycles. The summed E-state index contributed by atoms with van der Waals surface area (Å²) in [6.45, 7) is 1.86. The number of nitriles is 1. The first-order chi connectivity index (χ1) is 9.60. The maximum Gasteiger partial charge on any atom is 0.241 e. The summed E-state index contributed by atoms with van der Waals surface area (Å²) in [5, 5.41) is 18.1. The Morgan fingerprint density at radius 3 is 3.05 bits per heavy atom. The summed E-state index contributed by atoms with van der Waals surface area (Å²) in [5.74, 6) is -0.288. The van der Waals surface area contributed by atoms with Gasteiger partial charge >= 0.3 is 0 Å². The summed E-state index contributed by atoms with van der Waals surface area (Å²) >= 11 is 0. The van der Waals surface area contributed by atoms with Crippen molar-refractivity contribution in [3.63, 3.8) is 0 Å². The van der Waals surface area contributed by atoms with Gasteiger partial charge in [-0.25, -0.2) is 0 Å². The first kappa shape index (κ1) is 13.8. The SMILES string of the molecule is Cc1ccc(C#N)cc1NC(=O)C(N)Cc1cn[nH]c1. The Kier molecular flexibility index (Phi) is 4.13. The number of carbonyl (C=O) groups is 1. The number of nitrogens with two attached hydrogens (primary N) is 1. The van der Waals surface area contributed by atoms with E-state index < -0.39 is 6.04 Å². The van der Waals surface area contributed by atoms with Gasteiger partial charge in [0.25, 0.3) is 0 Å². The van der Waals surface area contributed by atoms with Crippen molar-refractivity contribution in [2.45, 2.75) is 19.4 Å². The molecular formula is C14H15N5O. The molecule has 20 heavy (non-hydrogen) atoms. The Hall–Kier alpha value is -2.65. The number of aromatic amines is 1. The molecule has 0 fully saturated rings. The molecule has 0 saturated carbocycles. The van der Waals surface area contributed by atoms with Crippen molar-refractivity contribution in [3.8, 4) is 6.07 Å². The van der Waals surface area contributed by atoms with E-state index in [1.807, 2.05) is 13.0 Å². The number of nitrogens with zero attached hydrogens (tertiary/aromatic N) is 2. The monoisotopic (exact) mass is 269 g/mol. The largest absolute Gasteiger partial charge is 0.324 e. The molecule has 0 bridgehead atoms. The van der Waals surface area contributed by atoms with Gasteiger partial charge in [0.05, 0.1) is 23.9 Å². The molecule has 2 rings (SSSR count). The smallest absolute Gasteiger partial charge is 0.241 e. The van der Waals surface area contributed by atoms with Crippen LogP contribution >= 0.6 is 0 Å². The van der Waals surface area contributed by atoms with E-state index >= 15 is 0 Å². The number of hydrogen-bond donors (Lipinski definition) is 3. The molecule has 6 nitrogen and oxygen atoms in total. The molecule has 6 heteroatoms. The summed E-state index contributed by atoms with van der Waals surface area (Å²) in [7, 11) is 0. The molecule has 0 spiro atoms. The minimum absolute atomic E-state index is 0.288. The maximum absolute atomic E-state index is 12.0. The molecule has 0 saturated heterocycles.